The van der Waals surface area contributed by atoms with E-state index in [2.05, 4.69) is 9.97 Å². The normalized spacial score (nSPS) is 11.5. The SMILES string of the molecule is CCON(c1c(F)cccc1Cc1nc(OC)cc(OC)n1)S(=O)(=O)C(F)F. The monoisotopic (exact) mass is 421 g/mol. The van der Waals surface area contributed by atoms with E-state index in [9.17, 15) is 21.6 Å². The molecule has 154 valence electrons. The first-order valence-corrected chi connectivity index (χ1v) is 9.43. The van der Waals surface area contributed by atoms with Crippen molar-refractivity contribution in [2.75, 3.05) is 25.3 Å². The van der Waals surface area contributed by atoms with Crippen LogP contribution in [0, 0.1) is 5.82 Å². The summed E-state index contributed by atoms with van der Waals surface area (Å²) < 4.78 is 74.6. The number of methoxy groups -OCH3 is 2. The first-order chi connectivity index (χ1) is 13.2. The van der Waals surface area contributed by atoms with Crippen LogP contribution in [-0.4, -0.2) is 45.0 Å². The van der Waals surface area contributed by atoms with Crippen molar-refractivity contribution in [3.05, 3.63) is 41.5 Å². The van der Waals surface area contributed by atoms with E-state index in [0.717, 1.165) is 6.07 Å². The molecule has 1 aromatic carbocycles. The maximum Gasteiger partial charge on any atom is 0.357 e. The number of benzene rings is 1. The van der Waals surface area contributed by atoms with Gasteiger partial charge in [-0.25, -0.2) is 4.39 Å². The molecule has 1 aromatic heterocycles. The number of alkyl halides is 2. The number of hydrogen-bond donors (Lipinski definition) is 0. The van der Waals surface area contributed by atoms with Crippen molar-refractivity contribution >= 4 is 15.7 Å². The second kappa shape index (κ2) is 9.06. The van der Waals surface area contributed by atoms with Crippen molar-refractivity contribution in [1.82, 2.24) is 9.97 Å². The molecule has 0 bridgehead atoms. The molecule has 0 saturated heterocycles. The number of ether oxygens (including phenoxy) is 2. The summed E-state index contributed by atoms with van der Waals surface area (Å²) in [6.45, 7) is 1.09. The van der Waals surface area contributed by atoms with Gasteiger partial charge in [-0.1, -0.05) is 12.1 Å². The van der Waals surface area contributed by atoms with Gasteiger partial charge in [0.2, 0.25) is 11.8 Å². The van der Waals surface area contributed by atoms with Crippen LogP contribution < -0.4 is 13.9 Å². The van der Waals surface area contributed by atoms with E-state index in [1.807, 2.05) is 0 Å². The lowest BCUT2D eigenvalue weighted by Gasteiger charge is -2.24. The molecule has 2 rings (SSSR count). The summed E-state index contributed by atoms with van der Waals surface area (Å²) in [5, 5.41) is 0. The maximum absolute atomic E-state index is 14.5. The second-order valence-electron chi connectivity index (χ2n) is 5.24. The summed E-state index contributed by atoms with van der Waals surface area (Å²) >= 11 is 0. The minimum atomic E-state index is -5.27. The van der Waals surface area contributed by atoms with Crippen molar-refractivity contribution in [3.8, 4) is 11.8 Å². The predicted octanol–water partition coefficient (Wildman–Crippen LogP) is 2.53. The summed E-state index contributed by atoms with van der Waals surface area (Å²) in [7, 11) is -2.54. The number of rotatable bonds is 9. The molecule has 0 aliphatic heterocycles. The van der Waals surface area contributed by atoms with Gasteiger partial charge in [0.05, 0.1) is 26.9 Å². The quantitative estimate of drug-likeness (QED) is 0.575. The van der Waals surface area contributed by atoms with Crippen LogP contribution in [0.3, 0.4) is 0 Å². The topological polar surface area (TPSA) is 90.8 Å². The Hall–Kier alpha value is -2.60. The van der Waals surface area contributed by atoms with E-state index < -0.39 is 27.3 Å². The highest BCUT2D eigenvalue weighted by Gasteiger charge is 2.36. The number of hydrogen-bond acceptors (Lipinski definition) is 7. The van der Waals surface area contributed by atoms with Crippen molar-refractivity contribution in [3.63, 3.8) is 0 Å². The Balaban J connectivity index is 2.58. The molecule has 0 aliphatic rings. The lowest BCUT2D eigenvalue weighted by Crippen LogP contribution is -2.37. The Morgan fingerprint density at radius 3 is 2.25 bits per heavy atom. The molecule has 28 heavy (non-hydrogen) atoms. The maximum atomic E-state index is 14.5. The van der Waals surface area contributed by atoms with Gasteiger partial charge in [0.1, 0.15) is 17.3 Å². The number of sulfonamides is 1. The molecule has 0 radical (unpaired) electrons. The first-order valence-electron chi connectivity index (χ1n) is 7.93. The van der Waals surface area contributed by atoms with Gasteiger partial charge >= 0.3 is 15.8 Å². The molecule has 0 unspecified atom stereocenters. The van der Waals surface area contributed by atoms with Crippen LogP contribution in [0.5, 0.6) is 11.8 Å². The molecular weight excluding hydrogens is 403 g/mol. The van der Waals surface area contributed by atoms with Crippen molar-refractivity contribution in [2.24, 2.45) is 0 Å². The van der Waals surface area contributed by atoms with Gasteiger partial charge in [-0.3, -0.25) is 4.84 Å². The van der Waals surface area contributed by atoms with E-state index in [-0.39, 0.29) is 40.6 Å². The third-order valence-corrected chi connectivity index (χ3v) is 4.65. The molecule has 0 N–H and O–H groups in total. The minimum Gasteiger partial charge on any atom is -0.481 e. The molecule has 0 aliphatic carbocycles. The van der Waals surface area contributed by atoms with Gasteiger partial charge in [0.25, 0.3) is 0 Å². The fourth-order valence-electron chi connectivity index (χ4n) is 2.27. The molecular formula is C16H18F3N3O5S. The zero-order chi connectivity index (χ0) is 20.9. The molecule has 0 spiro atoms. The highest BCUT2D eigenvalue weighted by atomic mass is 32.2. The Labute approximate surface area is 159 Å². The lowest BCUT2D eigenvalue weighted by atomic mass is 10.1. The van der Waals surface area contributed by atoms with E-state index in [0.29, 0.717) is 0 Å². The van der Waals surface area contributed by atoms with Crippen molar-refractivity contribution in [1.29, 1.82) is 0 Å². The fraction of sp³-hybridized carbons (Fsp3) is 0.375. The van der Waals surface area contributed by atoms with E-state index in [1.165, 1.54) is 39.3 Å². The Kier molecular flexibility index (Phi) is 7.02. The van der Waals surface area contributed by atoms with Crippen molar-refractivity contribution in [2.45, 2.75) is 19.1 Å². The lowest BCUT2D eigenvalue weighted by molar-refractivity contribution is 0.149. The van der Waals surface area contributed by atoms with Crippen LogP contribution in [-0.2, 0) is 21.3 Å². The van der Waals surface area contributed by atoms with E-state index in [4.69, 9.17) is 14.3 Å². The van der Waals surface area contributed by atoms with Crippen molar-refractivity contribution < 1.29 is 35.9 Å². The van der Waals surface area contributed by atoms with Gasteiger partial charge in [0, 0.05) is 6.42 Å². The Morgan fingerprint density at radius 2 is 1.75 bits per heavy atom. The fourth-order valence-corrected chi connectivity index (χ4v) is 3.13. The van der Waals surface area contributed by atoms with Crippen LogP contribution in [0.4, 0.5) is 18.9 Å². The van der Waals surface area contributed by atoms with Gasteiger partial charge in [-0.15, -0.1) is 4.47 Å². The van der Waals surface area contributed by atoms with Gasteiger partial charge in [0.15, 0.2) is 0 Å². The zero-order valence-electron chi connectivity index (χ0n) is 15.2. The summed E-state index contributed by atoms with van der Waals surface area (Å²) in [4.78, 5) is 13.0. The molecule has 2 aromatic rings. The average Bonchev–Trinajstić information content (AvgIpc) is 2.66. The van der Waals surface area contributed by atoms with Gasteiger partial charge < -0.3 is 9.47 Å². The summed E-state index contributed by atoms with van der Waals surface area (Å²) in [5.74, 6) is -4.47. The van der Waals surface area contributed by atoms with Crippen LogP contribution in [0.2, 0.25) is 0 Å². The summed E-state index contributed by atoms with van der Waals surface area (Å²) in [6.07, 6.45) is -0.205. The van der Waals surface area contributed by atoms with E-state index >= 15 is 0 Å². The molecule has 12 heteroatoms. The highest BCUT2D eigenvalue weighted by molar-refractivity contribution is 7.92. The predicted molar refractivity (Wildman–Crippen MR) is 93.4 cm³/mol. The number of halogens is 3. The summed E-state index contributed by atoms with van der Waals surface area (Å²) in [6, 6.07) is 4.98. The molecule has 0 fully saturated rings. The second-order valence-corrected chi connectivity index (χ2v) is 6.96. The van der Waals surface area contributed by atoms with Gasteiger partial charge in [-0.2, -0.15) is 27.2 Å². The molecule has 8 nitrogen and oxygen atoms in total. The number of anilines is 1. The van der Waals surface area contributed by atoms with Crippen LogP contribution in [0.15, 0.2) is 24.3 Å². The highest BCUT2D eigenvalue weighted by Crippen LogP contribution is 2.31. The third-order valence-electron chi connectivity index (χ3n) is 3.45. The molecule has 0 atom stereocenters. The molecule has 1 heterocycles. The Bertz CT molecular complexity index is 905. The van der Waals surface area contributed by atoms with Crippen LogP contribution >= 0.6 is 0 Å². The third kappa shape index (κ3) is 4.62. The number of nitrogens with zero attached hydrogens (tertiary/aromatic N) is 3. The Morgan fingerprint density at radius 1 is 1.14 bits per heavy atom. The average molecular weight is 421 g/mol. The largest absolute Gasteiger partial charge is 0.481 e. The smallest absolute Gasteiger partial charge is 0.357 e. The molecule has 0 saturated carbocycles. The van der Waals surface area contributed by atoms with Gasteiger partial charge in [-0.05, 0) is 18.6 Å². The van der Waals surface area contributed by atoms with E-state index in [1.54, 1.807) is 0 Å². The number of para-hydroxylation sites is 1. The standard InChI is InChI=1S/C16H18F3N3O5S/c1-4-27-22(28(23,24)16(18)19)15-10(6-5-7-11(15)17)8-12-20-13(25-2)9-14(21-12)26-3/h5-7,9,16H,4,8H2,1-3H3. The zero-order valence-corrected chi connectivity index (χ0v) is 16.0. The van der Waals surface area contributed by atoms with Crippen LogP contribution in [0.25, 0.3) is 0 Å². The first kappa shape index (κ1) is 21.7. The van der Waals surface area contributed by atoms with Crippen LogP contribution in [0.1, 0.15) is 18.3 Å². The number of aromatic nitrogens is 2. The molecule has 0 amide bonds. The summed E-state index contributed by atoms with van der Waals surface area (Å²) in [5.41, 5.74) is -0.664. The minimum absolute atomic E-state index is 0.00739.